The maximum atomic E-state index is 12.3. The first-order valence-corrected chi connectivity index (χ1v) is 7.79. The average molecular weight is 306 g/mol. The third-order valence-electron chi connectivity index (χ3n) is 4.33. The molecule has 1 unspecified atom stereocenters. The lowest BCUT2D eigenvalue weighted by atomic mass is 10.0. The Morgan fingerprint density at radius 1 is 1.27 bits per heavy atom. The lowest BCUT2D eigenvalue weighted by Gasteiger charge is -2.38. The number of amides is 1. The van der Waals surface area contributed by atoms with E-state index in [1.165, 1.54) is 6.20 Å². The van der Waals surface area contributed by atoms with Crippen molar-refractivity contribution >= 4 is 5.91 Å². The van der Waals surface area contributed by atoms with Gasteiger partial charge in [0.05, 0.1) is 25.5 Å². The summed E-state index contributed by atoms with van der Waals surface area (Å²) in [6, 6.07) is 0.405. The number of likely N-dealkylation sites (tertiary alicyclic amines) is 1. The van der Waals surface area contributed by atoms with Crippen LogP contribution in [0.1, 0.15) is 23.3 Å². The third kappa shape index (κ3) is 3.60. The topological polar surface area (TPSA) is 78.8 Å². The van der Waals surface area contributed by atoms with Crippen molar-refractivity contribution < 1.29 is 14.6 Å². The van der Waals surface area contributed by atoms with Crippen molar-refractivity contribution in [1.82, 2.24) is 19.8 Å². The first-order valence-electron chi connectivity index (χ1n) is 7.79. The molecule has 3 heterocycles. The molecule has 22 heavy (non-hydrogen) atoms. The molecule has 1 aromatic heterocycles. The molecular weight excluding hydrogens is 284 g/mol. The zero-order chi connectivity index (χ0) is 15.4. The molecule has 7 nitrogen and oxygen atoms in total. The van der Waals surface area contributed by atoms with E-state index in [0.29, 0.717) is 44.6 Å². The Hall–Kier alpha value is -1.57. The molecule has 2 aliphatic heterocycles. The molecule has 1 amide bonds. The maximum absolute atomic E-state index is 12.3. The van der Waals surface area contributed by atoms with E-state index in [4.69, 9.17) is 4.74 Å². The van der Waals surface area contributed by atoms with Gasteiger partial charge in [-0.25, -0.2) is 4.98 Å². The smallest absolute Gasteiger partial charge is 0.274 e. The van der Waals surface area contributed by atoms with E-state index in [1.807, 2.05) is 4.90 Å². The van der Waals surface area contributed by atoms with Crippen LogP contribution in [0.4, 0.5) is 0 Å². The van der Waals surface area contributed by atoms with Gasteiger partial charge in [0.25, 0.3) is 5.91 Å². The third-order valence-corrected chi connectivity index (χ3v) is 4.33. The van der Waals surface area contributed by atoms with Gasteiger partial charge < -0.3 is 14.7 Å². The van der Waals surface area contributed by atoms with Gasteiger partial charge in [0.15, 0.2) is 0 Å². The summed E-state index contributed by atoms with van der Waals surface area (Å²) in [7, 11) is 0. The van der Waals surface area contributed by atoms with Crippen LogP contribution >= 0.6 is 0 Å². The van der Waals surface area contributed by atoms with Gasteiger partial charge in [-0.15, -0.1) is 0 Å². The van der Waals surface area contributed by atoms with Gasteiger partial charge in [-0.3, -0.25) is 14.7 Å². The second kappa shape index (κ2) is 7.13. The molecular formula is C15H22N4O3. The first kappa shape index (κ1) is 15.3. The second-order valence-corrected chi connectivity index (χ2v) is 5.84. The summed E-state index contributed by atoms with van der Waals surface area (Å²) in [6.07, 6.45) is 6.03. The standard InChI is InChI=1S/C15H22N4O3/c20-13-10-19(7-8-22-11-13)12-1-5-18(6-2-12)15(21)14-9-16-3-4-17-14/h3-4,9,12-13,20H,1-2,5-8,10-11H2. The Morgan fingerprint density at radius 3 is 2.82 bits per heavy atom. The Bertz CT molecular complexity index is 491. The Balaban J connectivity index is 1.55. The van der Waals surface area contributed by atoms with Gasteiger partial charge in [-0.1, -0.05) is 0 Å². The van der Waals surface area contributed by atoms with E-state index in [-0.39, 0.29) is 5.91 Å². The average Bonchev–Trinajstić information content (AvgIpc) is 2.80. The number of ether oxygens (including phenoxy) is 1. The minimum absolute atomic E-state index is 0.0502. The lowest BCUT2D eigenvalue weighted by Crippen LogP contribution is -2.48. The minimum atomic E-state index is -0.415. The molecule has 1 N–H and O–H groups in total. The highest BCUT2D eigenvalue weighted by Crippen LogP contribution is 2.19. The zero-order valence-electron chi connectivity index (χ0n) is 12.6. The van der Waals surface area contributed by atoms with Crippen LogP contribution in [0, 0.1) is 0 Å². The van der Waals surface area contributed by atoms with Crippen LogP contribution < -0.4 is 0 Å². The molecule has 0 aromatic carbocycles. The van der Waals surface area contributed by atoms with Gasteiger partial charge in [0.1, 0.15) is 5.69 Å². The highest BCUT2D eigenvalue weighted by atomic mass is 16.5. The normalized spacial score (nSPS) is 25.0. The van der Waals surface area contributed by atoms with Crippen molar-refractivity contribution in [2.24, 2.45) is 0 Å². The minimum Gasteiger partial charge on any atom is -0.389 e. The van der Waals surface area contributed by atoms with Gasteiger partial charge in [-0.2, -0.15) is 0 Å². The van der Waals surface area contributed by atoms with Crippen LogP contribution in [0.3, 0.4) is 0 Å². The van der Waals surface area contributed by atoms with Crippen molar-refractivity contribution in [2.45, 2.75) is 25.0 Å². The lowest BCUT2D eigenvalue weighted by molar-refractivity contribution is 0.0463. The van der Waals surface area contributed by atoms with Gasteiger partial charge in [0, 0.05) is 44.6 Å². The van der Waals surface area contributed by atoms with Crippen LogP contribution in [0.5, 0.6) is 0 Å². The van der Waals surface area contributed by atoms with E-state index in [1.54, 1.807) is 12.4 Å². The van der Waals surface area contributed by atoms with Crippen molar-refractivity contribution in [3.05, 3.63) is 24.3 Å². The fraction of sp³-hybridized carbons (Fsp3) is 0.667. The highest BCUT2D eigenvalue weighted by Gasteiger charge is 2.29. The van der Waals surface area contributed by atoms with Crippen LogP contribution in [0.2, 0.25) is 0 Å². The number of carbonyl (C=O) groups is 1. The summed E-state index contributed by atoms with van der Waals surface area (Å²) in [5, 5.41) is 9.83. The molecule has 0 spiro atoms. The number of hydrogen-bond donors (Lipinski definition) is 1. The van der Waals surface area contributed by atoms with Gasteiger partial charge >= 0.3 is 0 Å². The highest BCUT2D eigenvalue weighted by molar-refractivity contribution is 5.92. The molecule has 0 bridgehead atoms. The molecule has 2 aliphatic rings. The Kier molecular flexibility index (Phi) is 4.97. The largest absolute Gasteiger partial charge is 0.389 e. The number of rotatable bonds is 2. The molecule has 0 saturated carbocycles. The number of aliphatic hydroxyl groups excluding tert-OH is 1. The molecule has 1 aromatic rings. The van der Waals surface area contributed by atoms with Crippen LogP contribution in [-0.2, 0) is 4.74 Å². The van der Waals surface area contributed by atoms with Gasteiger partial charge in [-0.05, 0) is 12.8 Å². The molecule has 2 fully saturated rings. The maximum Gasteiger partial charge on any atom is 0.274 e. The predicted molar refractivity (Wildman–Crippen MR) is 79.4 cm³/mol. The Labute approximate surface area is 129 Å². The van der Waals surface area contributed by atoms with Gasteiger partial charge in [0.2, 0.25) is 0 Å². The number of hydrogen-bond acceptors (Lipinski definition) is 6. The Morgan fingerprint density at radius 2 is 2.09 bits per heavy atom. The summed E-state index contributed by atoms with van der Waals surface area (Å²) < 4.78 is 5.37. The van der Waals surface area contributed by atoms with Crippen LogP contribution in [0.25, 0.3) is 0 Å². The first-order chi connectivity index (χ1) is 10.7. The quantitative estimate of drug-likeness (QED) is 0.813. The van der Waals surface area contributed by atoms with E-state index >= 15 is 0 Å². The summed E-state index contributed by atoms with van der Waals surface area (Å²) in [5.74, 6) is -0.0502. The van der Waals surface area contributed by atoms with Crippen LogP contribution in [-0.4, -0.2) is 82.3 Å². The van der Waals surface area contributed by atoms with Crippen molar-refractivity contribution in [1.29, 1.82) is 0 Å². The monoisotopic (exact) mass is 306 g/mol. The molecule has 120 valence electrons. The number of carbonyl (C=O) groups excluding carboxylic acids is 1. The summed E-state index contributed by atoms with van der Waals surface area (Å²) in [6.45, 7) is 4.01. The van der Waals surface area contributed by atoms with E-state index in [0.717, 1.165) is 19.4 Å². The number of piperidine rings is 1. The number of aliphatic hydroxyl groups is 1. The molecule has 1 atom stereocenters. The van der Waals surface area contributed by atoms with Crippen molar-refractivity contribution in [2.75, 3.05) is 39.4 Å². The molecule has 0 radical (unpaired) electrons. The van der Waals surface area contributed by atoms with Crippen LogP contribution in [0.15, 0.2) is 18.6 Å². The SMILES string of the molecule is O=C(c1cnccn1)N1CCC(N2CCOCC(O)C2)CC1. The number of β-amino-alcohol motifs (C(OH)–C–C–N with tert-alkyl or cyclic N) is 1. The molecule has 3 rings (SSSR count). The van der Waals surface area contributed by atoms with E-state index in [9.17, 15) is 9.90 Å². The molecule has 0 aliphatic carbocycles. The summed E-state index contributed by atoms with van der Waals surface area (Å²) in [4.78, 5) is 24.5. The number of nitrogens with zero attached hydrogens (tertiary/aromatic N) is 4. The number of aromatic nitrogens is 2. The molecule has 7 heteroatoms. The molecule has 2 saturated heterocycles. The van der Waals surface area contributed by atoms with Crippen molar-refractivity contribution in [3.63, 3.8) is 0 Å². The predicted octanol–water partition coefficient (Wildman–Crippen LogP) is -0.226. The van der Waals surface area contributed by atoms with E-state index in [2.05, 4.69) is 14.9 Å². The summed E-state index contributed by atoms with van der Waals surface area (Å²) >= 11 is 0. The van der Waals surface area contributed by atoms with Crippen molar-refractivity contribution in [3.8, 4) is 0 Å². The fourth-order valence-electron chi connectivity index (χ4n) is 3.15. The summed E-state index contributed by atoms with van der Waals surface area (Å²) in [5.41, 5.74) is 0.402. The van der Waals surface area contributed by atoms with E-state index < -0.39 is 6.10 Å². The fourth-order valence-corrected chi connectivity index (χ4v) is 3.15. The second-order valence-electron chi connectivity index (χ2n) is 5.84. The zero-order valence-corrected chi connectivity index (χ0v) is 12.6.